The molecule has 0 radical (unpaired) electrons. The van der Waals surface area contributed by atoms with E-state index in [1.807, 2.05) is 0 Å². The van der Waals surface area contributed by atoms with Crippen LogP contribution in [0.15, 0.2) is 5.38 Å². The van der Waals surface area contributed by atoms with Gasteiger partial charge in [0.25, 0.3) is 0 Å². The van der Waals surface area contributed by atoms with Crippen LogP contribution in [0.5, 0.6) is 0 Å². The number of esters is 1. The van der Waals surface area contributed by atoms with E-state index in [1.165, 1.54) is 18.4 Å². The van der Waals surface area contributed by atoms with Crippen molar-refractivity contribution in [2.24, 2.45) is 0 Å². The monoisotopic (exact) mass is 334 g/mol. The summed E-state index contributed by atoms with van der Waals surface area (Å²) in [6.07, 6.45) is 0.709. The highest BCUT2D eigenvalue weighted by Crippen LogP contribution is 2.15. The summed E-state index contributed by atoms with van der Waals surface area (Å²) in [7, 11) is 2.91. The van der Waals surface area contributed by atoms with Gasteiger partial charge in [-0.15, -0.1) is 22.9 Å². The number of rotatable bonds is 8. The van der Waals surface area contributed by atoms with Crippen molar-refractivity contribution in [2.75, 3.05) is 27.4 Å². The van der Waals surface area contributed by atoms with Gasteiger partial charge in [0.15, 0.2) is 5.69 Å². The summed E-state index contributed by atoms with van der Waals surface area (Å²) < 4.78 is 9.59. The van der Waals surface area contributed by atoms with Gasteiger partial charge >= 0.3 is 5.97 Å². The molecule has 21 heavy (non-hydrogen) atoms. The number of alkyl halides is 1. The fraction of sp³-hybridized carbons (Fsp3) is 0.615. The lowest BCUT2D eigenvalue weighted by Gasteiger charge is -2.22. The molecule has 0 aliphatic heterocycles. The predicted molar refractivity (Wildman–Crippen MR) is 80.7 cm³/mol. The van der Waals surface area contributed by atoms with Gasteiger partial charge in [-0.2, -0.15) is 0 Å². The van der Waals surface area contributed by atoms with Crippen LogP contribution in [0.1, 0.15) is 28.8 Å². The zero-order valence-electron chi connectivity index (χ0n) is 12.3. The third kappa shape index (κ3) is 5.61. The summed E-state index contributed by atoms with van der Waals surface area (Å²) in [5, 5.41) is 1.68. The Kier molecular flexibility index (Phi) is 7.63. The van der Waals surface area contributed by atoms with Crippen LogP contribution in [-0.4, -0.2) is 54.5 Å². The zero-order valence-corrected chi connectivity index (χ0v) is 13.9. The van der Waals surface area contributed by atoms with Gasteiger partial charge in [-0.1, -0.05) is 0 Å². The summed E-state index contributed by atoms with van der Waals surface area (Å²) >= 11 is 7.18. The van der Waals surface area contributed by atoms with Crippen molar-refractivity contribution in [1.29, 1.82) is 0 Å². The molecule has 0 aliphatic rings. The van der Waals surface area contributed by atoms with Crippen LogP contribution >= 0.6 is 22.9 Å². The summed E-state index contributed by atoms with van der Waals surface area (Å²) in [4.78, 5) is 29.2. The number of hydrogen-bond acceptors (Lipinski definition) is 6. The fourth-order valence-electron chi connectivity index (χ4n) is 1.66. The van der Waals surface area contributed by atoms with Crippen molar-refractivity contribution < 1.29 is 19.1 Å². The van der Waals surface area contributed by atoms with E-state index in [1.54, 1.807) is 24.3 Å². The maximum absolute atomic E-state index is 12.1. The Morgan fingerprint density at radius 3 is 2.76 bits per heavy atom. The van der Waals surface area contributed by atoms with E-state index in [-0.39, 0.29) is 11.6 Å². The Labute approximate surface area is 133 Å². The molecule has 1 aromatic rings. The third-order valence-electron chi connectivity index (χ3n) is 2.70. The number of carbonyl (C=O) groups is 2. The number of aromatic nitrogens is 1. The molecule has 0 N–H and O–H groups in total. The molecule has 0 aromatic carbocycles. The molecule has 1 heterocycles. The van der Waals surface area contributed by atoms with Crippen LogP contribution in [0.2, 0.25) is 0 Å². The van der Waals surface area contributed by atoms with E-state index in [0.29, 0.717) is 31.1 Å². The Bertz CT molecular complexity index is 478. The zero-order chi connectivity index (χ0) is 15.8. The SMILES string of the molecule is COCCCN(Cc1nc(C(=O)OC)cs1)C(=O)[C@@H](C)Cl. The molecule has 1 atom stereocenters. The maximum atomic E-state index is 12.1. The standard InChI is InChI=1S/C13H19ClN2O4S/c1-9(14)12(17)16(5-4-6-19-2)7-11-15-10(8-21-11)13(18)20-3/h8-9H,4-7H2,1-3H3/t9-/m1/s1. The normalized spacial score (nSPS) is 12.0. The number of halogens is 1. The average Bonchev–Trinajstić information content (AvgIpc) is 2.93. The molecule has 0 spiro atoms. The van der Waals surface area contributed by atoms with Gasteiger partial charge < -0.3 is 14.4 Å². The van der Waals surface area contributed by atoms with Crippen molar-refractivity contribution in [3.8, 4) is 0 Å². The minimum absolute atomic E-state index is 0.164. The molecule has 8 heteroatoms. The number of methoxy groups -OCH3 is 2. The highest BCUT2D eigenvalue weighted by atomic mass is 35.5. The first kappa shape index (κ1) is 17.9. The fourth-order valence-corrected chi connectivity index (χ4v) is 2.58. The van der Waals surface area contributed by atoms with Crippen molar-refractivity contribution in [3.05, 3.63) is 16.1 Å². The van der Waals surface area contributed by atoms with Crippen LogP contribution in [0.25, 0.3) is 0 Å². The maximum Gasteiger partial charge on any atom is 0.357 e. The minimum atomic E-state index is -0.604. The number of hydrogen-bond donors (Lipinski definition) is 0. The first-order valence-corrected chi connectivity index (χ1v) is 7.75. The van der Waals surface area contributed by atoms with E-state index in [9.17, 15) is 9.59 Å². The Morgan fingerprint density at radius 1 is 1.48 bits per heavy atom. The number of nitrogens with zero attached hydrogens (tertiary/aromatic N) is 2. The molecule has 1 amide bonds. The molecular weight excluding hydrogens is 316 g/mol. The molecule has 0 saturated heterocycles. The molecular formula is C13H19ClN2O4S. The summed E-state index contributed by atoms with van der Waals surface area (Å²) in [5.41, 5.74) is 0.251. The molecule has 1 aromatic heterocycles. The number of carbonyl (C=O) groups excluding carboxylic acids is 2. The molecule has 118 valence electrons. The van der Waals surface area contributed by atoms with Gasteiger partial charge in [0.2, 0.25) is 5.91 Å². The van der Waals surface area contributed by atoms with Crippen molar-refractivity contribution in [2.45, 2.75) is 25.3 Å². The van der Waals surface area contributed by atoms with Crippen LogP contribution in [0.3, 0.4) is 0 Å². The largest absolute Gasteiger partial charge is 0.464 e. The smallest absolute Gasteiger partial charge is 0.357 e. The second-order valence-corrected chi connectivity index (χ2v) is 5.94. The van der Waals surface area contributed by atoms with E-state index in [4.69, 9.17) is 16.3 Å². The Morgan fingerprint density at radius 2 is 2.19 bits per heavy atom. The molecule has 1 rings (SSSR count). The molecule has 0 fully saturated rings. The van der Waals surface area contributed by atoms with Gasteiger partial charge in [-0.25, -0.2) is 9.78 Å². The first-order valence-electron chi connectivity index (χ1n) is 6.44. The lowest BCUT2D eigenvalue weighted by molar-refractivity contribution is -0.131. The summed E-state index contributed by atoms with van der Waals surface area (Å²) in [6, 6.07) is 0. The van der Waals surface area contributed by atoms with E-state index in [2.05, 4.69) is 9.72 Å². The van der Waals surface area contributed by atoms with Gasteiger partial charge in [-0.05, 0) is 13.3 Å². The second kappa shape index (κ2) is 8.96. The van der Waals surface area contributed by atoms with Gasteiger partial charge in [0.05, 0.1) is 13.7 Å². The predicted octanol–water partition coefficient (Wildman–Crippen LogP) is 1.92. The van der Waals surface area contributed by atoms with Crippen LogP contribution in [0, 0.1) is 0 Å². The molecule has 0 bridgehead atoms. The van der Waals surface area contributed by atoms with E-state index < -0.39 is 11.3 Å². The molecule has 0 saturated carbocycles. The van der Waals surface area contributed by atoms with Gasteiger partial charge in [0.1, 0.15) is 10.4 Å². The highest BCUT2D eigenvalue weighted by Gasteiger charge is 2.20. The second-order valence-electron chi connectivity index (χ2n) is 4.34. The minimum Gasteiger partial charge on any atom is -0.464 e. The first-order chi connectivity index (χ1) is 9.99. The van der Waals surface area contributed by atoms with Crippen LogP contribution < -0.4 is 0 Å². The van der Waals surface area contributed by atoms with Crippen molar-refractivity contribution in [1.82, 2.24) is 9.88 Å². The quantitative estimate of drug-likeness (QED) is 0.413. The van der Waals surface area contributed by atoms with Gasteiger partial charge in [0, 0.05) is 25.6 Å². The highest BCUT2D eigenvalue weighted by molar-refractivity contribution is 7.09. The molecule has 0 aliphatic carbocycles. The van der Waals surface area contributed by atoms with Gasteiger partial charge in [-0.3, -0.25) is 4.79 Å². The lowest BCUT2D eigenvalue weighted by atomic mass is 10.3. The summed E-state index contributed by atoms with van der Waals surface area (Å²) in [5.74, 6) is -0.650. The number of ether oxygens (including phenoxy) is 2. The van der Waals surface area contributed by atoms with Crippen molar-refractivity contribution in [3.63, 3.8) is 0 Å². The topological polar surface area (TPSA) is 68.7 Å². The summed E-state index contributed by atoms with van der Waals surface area (Å²) in [6.45, 7) is 3.04. The number of thiazole rings is 1. The lowest BCUT2D eigenvalue weighted by Crippen LogP contribution is -2.36. The Hall–Kier alpha value is -1.18. The van der Waals surface area contributed by atoms with Crippen molar-refractivity contribution >= 4 is 34.8 Å². The van der Waals surface area contributed by atoms with Crippen LogP contribution in [0.4, 0.5) is 0 Å². The Balaban J connectivity index is 2.73. The van der Waals surface area contributed by atoms with E-state index in [0.717, 1.165) is 0 Å². The van der Waals surface area contributed by atoms with Crippen LogP contribution in [-0.2, 0) is 20.8 Å². The molecule has 0 unspecified atom stereocenters. The third-order valence-corrected chi connectivity index (χ3v) is 3.72. The average molecular weight is 335 g/mol. The molecule has 6 nitrogen and oxygen atoms in total. The number of amides is 1. The van der Waals surface area contributed by atoms with E-state index >= 15 is 0 Å².